The summed E-state index contributed by atoms with van der Waals surface area (Å²) in [5, 5.41) is 14.5. The van der Waals surface area contributed by atoms with Crippen LogP contribution in [0.5, 0.6) is 0 Å². The molecule has 0 aliphatic rings. The van der Waals surface area contributed by atoms with Crippen molar-refractivity contribution >= 4 is 45.6 Å². The molecule has 1 atom stereocenters. The molecule has 2 rings (SSSR count). The number of carbonyl (C=O) groups excluding carboxylic acids is 1. The van der Waals surface area contributed by atoms with Crippen LogP contribution in [0.4, 0.5) is 5.13 Å². The second-order valence-electron chi connectivity index (χ2n) is 4.77. The molecule has 0 aliphatic heterocycles. The van der Waals surface area contributed by atoms with Crippen molar-refractivity contribution in [3.8, 4) is 0 Å². The topological polar surface area (TPSA) is 71.5 Å². The van der Waals surface area contributed by atoms with Crippen LogP contribution in [0.25, 0.3) is 0 Å². The first kappa shape index (κ1) is 17.0. The number of aliphatic hydroxyl groups is 1. The van der Waals surface area contributed by atoms with Gasteiger partial charge in [-0.2, -0.15) is 0 Å². The normalized spacial score (nSPS) is 13.5. The number of hydrogen-bond donors (Lipinski definition) is 2. The number of halogens is 2. The summed E-state index contributed by atoms with van der Waals surface area (Å²) < 4.78 is 4.61. The zero-order chi connectivity index (χ0) is 16.3. The van der Waals surface area contributed by atoms with E-state index >= 15 is 0 Å². The number of carbonyl (C=O) groups is 1. The SMILES string of the molecule is COC(=O)c1sc(NCC(C)(O)c2cccc(Cl)c2)nc1Cl. The third-order valence-corrected chi connectivity index (χ3v) is 4.60. The van der Waals surface area contributed by atoms with Crippen LogP contribution in [0.2, 0.25) is 10.2 Å². The quantitative estimate of drug-likeness (QED) is 0.797. The van der Waals surface area contributed by atoms with Crippen molar-refractivity contribution in [3.63, 3.8) is 0 Å². The molecule has 1 heterocycles. The van der Waals surface area contributed by atoms with Gasteiger partial charge in [0.1, 0.15) is 5.60 Å². The number of nitrogens with zero attached hydrogens (tertiary/aromatic N) is 1. The highest BCUT2D eigenvalue weighted by Gasteiger charge is 2.24. The lowest BCUT2D eigenvalue weighted by molar-refractivity contribution is 0.0606. The molecule has 1 unspecified atom stereocenters. The van der Waals surface area contributed by atoms with Gasteiger partial charge in [-0.3, -0.25) is 0 Å². The van der Waals surface area contributed by atoms with E-state index in [9.17, 15) is 9.90 Å². The van der Waals surface area contributed by atoms with Crippen LogP contribution in [-0.2, 0) is 10.3 Å². The molecule has 118 valence electrons. The van der Waals surface area contributed by atoms with Crippen molar-refractivity contribution in [1.29, 1.82) is 0 Å². The molecule has 0 saturated carbocycles. The molecule has 0 aliphatic carbocycles. The maximum absolute atomic E-state index is 11.5. The Hall–Kier alpha value is -1.34. The molecule has 1 aromatic carbocycles. The van der Waals surface area contributed by atoms with Gasteiger partial charge >= 0.3 is 5.97 Å². The Morgan fingerprint density at radius 1 is 1.50 bits per heavy atom. The van der Waals surface area contributed by atoms with Crippen LogP contribution in [-0.4, -0.2) is 29.7 Å². The van der Waals surface area contributed by atoms with Gasteiger partial charge in [0.15, 0.2) is 15.2 Å². The van der Waals surface area contributed by atoms with Crippen molar-refractivity contribution in [2.75, 3.05) is 19.0 Å². The summed E-state index contributed by atoms with van der Waals surface area (Å²) >= 11 is 12.9. The van der Waals surface area contributed by atoms with E-state index in [1.807, 2.05) is 0 Å². The first-order chi connectivity index (χ1) is 10.3. The molecule has 0 bridgehead atoms. The number of benzene rings is 1. The smallest absolute Gasteiger partial charge is 0.351 e. The van der Waals surface area contributed by atoms with Crippen molar-refractivity contribution in [3.05, 3.63) is 44.9 Å². The third-order valence-electron chi connectivity index (χ3n) is 2.99. The molecular formula is C14H14Cl2N2O3S. The maximum atomic E-state index is 11.5. The lowest BCUT2D eigenvalue weighted by atomic mass is 9.96. The summed E-state index contributed by atoms with van der Waals surface area (Å²) in [5.41, 5.74) is -0.488. The lowest BCUT2D eigenvalue weighted by Gasteiger charge is -2.24. The predicted octanol–water partition coefficient (Wildman–Crippen LogP) is 3.56. The number of methoxy groups -OCH3 is 1. The Bertz CT molecular complexity index is 688. The fraction of sp³-hybridized carbons (Fsp3) is 0.286. The molecular weight excluding hydrogens is 347 g/mol. The fourth-order valence-corrected chi connectivity index (χ4v) is 3.06. The first-order valence-corrected chi connectivity index (χ1v) is 7.87. The molecule has 5 nitrogen and oxygen atoms in total. The van der Waals surface area contributed by atoms with Crippen LogP contribution < -0.4 is 5.32 Å². The number of rotatable bonds is 5. The van der Waals surface area contributed by atoms with Crippen LogP contribution in [0.15, 0.2) is 24.3 Å². The minimum absolute atomic E-state index is 0.0711. The van der Waals surface area contributed by atoms with Crippen molar-refractivity contribution in [1.82, 2.24) is 4.98 Å². The van der Waals surface area contributed by atoms with E-state index in [1.54, 1.807) is 31.2 Å². The number of ether oxygens (including phenoxy) is 1. The minimum atomic E-state index is -1.16. The average Bonchev–Trinajstić information content (AvgIpc) is 2.86. The Morgan fingerprint density at radius 3 is 2.86 bits per heavy atom. The van der Waals surface area contributed by atoms with Gasteiger partial charge in [-0.15, -0.1) is 0 Å². The van der Waals surface area contributed by atoms with Gasteiger partial charge in [0.05, 0.1) is 7.11 Å². The zero-order valence-electron chi connectivity index (χ0n) is 11.9. The molecule has 0 spiro atoms. The van der Waals surface area contributed by atoms with E-state index in [-0.39, 0.29) is 16.6 Å². The highest BCUT2D eigenvalue weighted by atomic mass is 35.5. The average molecular weight is 361 g/mol. The summed E-state index contributed by atoms with van der Waals surface area (Å²) in [4.78, 5) is 15.7. The Kier molecular flexibility index (Phi) is 5.28. The Labute approximate surface area is 141 Å². The number of hydrogen-bond acceptors (Lipinski definition) is 6. The van der Waals surface area contributed by atoms with Crippen molar-refractivity contribution in [2.45, 2.75) is 12.5 Å². The molecule has 0 fully saturated rings. The van der Waals surface area contributed by atoms with Gasteiger partial charge in [-0.25, -0.2) is 9.78 Å². The van der Waals surface area contributed by atoms with E-state index in [4.69, 9.17) is 23.2 Å². The van der Waals surface area contributed by atoms with E-state index in [0.29, 0.717) is 15.7 Å². The number of anilines is 1. The van der Waals surface area contributed by atoms with Crippen LogP contribution in [0.1, 0.15) is 22.2 Å². The maximum Gasteiger partial charge on any atom is 0.351 e. The van der Waals surface area contributed by atoms with Gasteiger partial charge in [-0.1, -0.05) is 46.7 Å². The number of thiazole rings is 1. The van der Waals surface area contributed by atoms with Crippen LogP contribution in [0, 0.1) is 0 Å². The number of esters is 1. The van der Waals surface area contributed by atoms with Crippen LogP contribution in [0.3, 0.4) is 0 Å². The zero-order valence-corrected chi connectivity index (χ0v) is 14.2. The van der Waals surface area contributed by atoms with Crippen molar-refractivity contribution in [2.24, 2.45) is 0 Å². The van der Waals surface area contributed by atoms with E-state index in [1.165, 1.54) is 7.11 Å². The monoisotopic (exact) mass is 360 g/mol. The van der Waals surface area contributed by atoms with Gasteiger partial charge in [0.25, 0.3) is 0 Å². The van der Waals surface area contributed by atoms with Gasteiger partial charge < -0.3 is 15.2 Å². The molecule has 8 heteroatoms. The van der Waals surface area contributed by atoms with Crippen LogP contribution >= 0.6 is 34.5 Å². The number of aromatic nitrogens is 1. The fourth-order valence-electron chi connectivity index (χ4n) is 1.77. The molecule has 0 radical (unpaired) electrons. The number of nitrogens with one attached hydrogen (secondary N) is 1. The lowest BCUT2D eigenvalue weighted by Crippen LogP contribution is -2.30. The summed E-state index contributed by atoms with van der Waals surface area (Å²) in [6.07, 6.45) is 0. The second kappa shape index (κ2) is 6.83. The molecule has 0 saturated heterocycles. The van der Waals surface area contributed by atoms with Gasteiger partial charge in [0.2, 0.25) is 0 Å². The van der Waals surface area contributed by atoms with E-state index < -0.39 is 11.6 Å². The van der Waals surface area contributed by atoms with Gasteiger partial charge in [-0.05, 0) is 24.6 Å². The third kappa shape index (κ3) is 3.89. The summed E-state index contributed by atoms with van der Waals surface area (Å²) in [6, 6.07) is 6.97. The predicted molar refractivity (Wildman–Crippen MR) is 88.0 cm³/mol. The summed E-state index contributed by atoms with van der Waals surface area (Å²) in [6.45, 7) is 1.83. The van der Waals surface area contributed by atoms with E-state index in [0.717, 1.165) is 11.3 Å². The molecule has 2 aromatic rings. The first-order valence-electron chi connectivity index (χ1n) is 6.30. The molecule has 22 heavy (non-hydrogen) atoms. The van der Waals surface area contributed by atoms with E-state index in [2.05, 4.69) is 15.0 Å². The summed E-state index contributed by atoms with van der Waals surface area (Å²) in [7, 11) is 1.27. The second-order valence-corrected chi connectivity index (χ2v) is 6.56. The minimum Gasteiger partial charge on any atom is -0.465 e. The highest BCUT2D eigenvalue weighted by Crippen LogP contribution is 2.29. The standard InChI is InChI=1S/C14H14Cl2N2O3S/c1-14(20,8-4-3-5-9(15)6-8)7-17-13-18-11(16)10(22-13)12(19)21-2/h3-6,20H,7H2,1-2H3,(H,17,18). The molecule has 2 N–H and O–H groups in total. The van der Waals surface area contributed by atoms with Gasteiger partial charge in [0, 0.05) is 11.6 Å². The molecule has 1 aromatic heterocycles. The largest absolute Gasteiger partial charge is 0.465 e. The summed E-state index contributed by atoms with van der Waals surface area (Å²) in [5.74, 6) is -0.544. The molecule has 0 amide bonds. The van der Waals surface area contributed by atoms with Crippen molar-refractivity contribution < 1.29 is 14.6 Å². The Morgan fingerprint density at radius 2 is 2.23 bits per heavy atom. The highest BCUT2D eigenvalue weighted by molar-refractivity contribution is 7.18. The Balaban J connectivity index is 2.10.